The van der Waals surface area contributed by atoms with Crippen molar-refractivity contribution in [3.05, 3.63) is 71.8 Å². The van der Waals surface area contributed by atoms with Crippen LogP contribution in [0.3, 0.4) is 0 Å². The molecule has 106 valence electrons. The molecule has 1 unspecified atom stereocenters. The molecule has 0 aromatic heterocycles. The fourth-order valence-corrected chi connectivity index (χ4v) is 2.19. The van der Waals surface area contributed by atoms with Gasteiger partial charge in [0.15, 0.2) is 0 Å². The van der Waals surface area contributed by atoms with Gasteiger partial charge in [0.05, 0.1) is 12.1 Å². The Hall–Kier alpha value is -1.64. The molecule has 2 rings (SSSR count). The molecule has 20 heavy (non-hydrogen) atoms. The molecule has 2 aromatic carbocycles. The van der Waals surface area contributed by atoms with Crippen LogP contribution >= 0.6 is 0 Å². The maximum Gasteiger partial charge on any atom is 0.0687 e. The maximum atomic E-state index is 10.0. The third kappa shape index (κ3) is 3.92. The van der Waals surface area contributed by atoms with E-state index < -0.39 is 0 Å². The summed E-state index contributed by atoms with van der Waals surface area (Å²) in [6.07, 6.45) is -0.329. The van der Waals surface area contributed by atoms with Crippen molar-refractivity contribution in [3.63, 3.8) is 0 Å². The fraction of sp³-hybridized carbons (Fsp3) is 0.333. The average Bonchev–Trinajstić information content (AvgIpc) is 2.49. The van der Waals surface area contributed by atoms with Crippen LogP contribution in [0.4, 0.5) is 0 Å². The summed E-state index contributed by atoms with van der Waals surface area (Å²) >= 11 is 0. The molecule has 0 radical (unpaired) electrons. The number of nitrogens with one attached hydrogen (secondary N) is 1. The number of hydrogen-bond donors (Lipinski definition) is 2. The van der Waals surface area contributed by atoms with E-state index in [0.717, 1.165) is 0 Å². The minimum absolute atomic E-state index is 0.116. The lowest BCUT2D eigenvalue weighted by Gasteiger charge is -2.23. The van der Waals surface area contributed by atoms with Crippen LogP contribution in [0.15, 0.2) is 60.7 Å². The molecule has 0 spiro atoms. The second-order valence-corrected chi connectivity index (χ2v) is 5.47. The van der Waals surface area contributed by atoms with Crippen LogP contribution in [0.5, 0.6) is 0 Å². The van der Waals surface area contributed by atoms with Crippen molar-refractivity contribution in [3.8, 4) is 0 Å². The largest absolute Gasteiger partial charge is 0.392 e. The van der Waals surface area contributed by atoms with Crippen LogP contribution in [0, 0.1) is 5.92 Å². The van der Waals surface area contributed by atoms with Gasteiger partial charge in [-0.1, -0.05) is 74.5 Å². The van der Waals surface area contributed by atoms with E-state index in [9.17, 15) is 5.11 Å². The van der Waals surface area contributed by atoms with Gasteiger partial charge < -0.3 is 10.4 Å². The van der Waals surface area contributed by atoms with E-state index in [4.69, 9.17) is 0 Å². The Labute approximate surface area is 121 Å². The van der Waals surface area contributed by atoms with Crippen LogP contribution in [0.2, 0.25) is 0 Å². The molecule has 0 aliphatic heterocycles. The van der Waals surface area contributed by atoms with Crippen LogP contribution in [-0.2, 0) is 0 Å². The molecule has 2 N–H and O–H groups in total. The molecule has 0 amide bonds. The highest BCUT2D eigenvalue weighted by atomic mass is 16.3. The van der Waals surface area contributed by atoms with Crippen molar-refractivity contribution >= 4 is 0 Å². The second kappa shape index (κ2) is 7.22. The lowest BCUT2D eigenvalue weighted by molar-refractivity contribution is 0.121. The molecule has 2 nitrogen and oxygen atoms in total. The Balaban J connectivity index is 2.17. The van der Waals surface area contributed by atoms with Gasteiger partial charge in [-0.05, 0) is 17.0 Å². The summed E-state index contributed by atoms with van der Waals surface area (Å²) in [6.45, 7) is 4.66. The number of hydrogen-bond acceptors (Lipinski definition) is 2. The van der Waals surface area contributed by atoms with E-state index >= 15 is 0 Å². The lowest BCUT2D eigenvalue weighted by atomic mass is 9.98. The van der Waals surface area contributed by atoms with E-state index in [2.05, 4.69) is 29.6 Å². The molecule has 0 saturated heterocycles. The fourth-order valence-electron chi connectivity index (χ4n) is 2.19. The third-order valence-corrected chi connectivity index (χ3v) is 3.57. The van der Waals surface area contributed by atoms with Crippen molar-refractivity contribution < 1.29 is 5.11 Å². The normalized spacial score (nSPS) is 12.8. The molecule has 0 aliphatic rings. The summed E-state index contributed by atoms with van der Waals surface area (Å²) in [4.78, 5) is 0. The average molecular weight is 269 g/mol. The first kappa shape index (κ1) is 14.8. The summed E-state index contributed by atoms with van der Waals surface area (Å²) in [5, 5.41) is 13.5. The molecule has 2 heteroatoms. The van der Waals surface area contributed by atoms with Gasteiger partial charge in [0.25, 0.3) is 0 Å². The Morgan fingerprint density at radius 2 is 1.30 bits per heavy atom. The van der Waals surface area contributed by atoms with Crippen LogP contribution in [0.1, 0.15) is 31.0 Å². The molecular weight excluding hydrogens is 246 g/mol. The number of rotatable bonds is 6. The van der Waals surface area contributed by atoms with Crippen molar-refractivity contribution in [2.45, 2.75) is 26.0 Å². The number of aliphatic hydroxyl groups is 1. The molecule has 0 aliphatic carbocycles. The van der Waals surface area contributed by atoms with E-state index in [-0.39, 0.29) is 18.1 Å². The van der Waals surface area contributed by atoms with Gasteiger partial charge in [0.2, 0.25) is 0 Å². The van der Waals surface area contributed by atoms with Crippen molar-refractivity contribution in [2.75, 3.05) is 6.54 Å². The summed E-state index contributed by atoms with van der Waals surface area (Å²) in [6, 6.07) is 20.8. The van der Waals surface area contributed by atoms with Gasteiger partial charge in [-0.25, -0.2) is 0 Å². The summed E-state index contributed by atoms with van der Waals surface area (Å²) < 4.78 is 0. The Morgan fingerprint density at radius 1 is 0.850 bits per heavy atom. The summed E-state index contributed by atoms with van der Waals surface area (Å²) in [7, 11) is 0. The van der Waals surface area contributed by atoms with Crippen molar-refractivity contribution in [1.29, 1.82) is 0 Å². The molecule has 0 saturated carbocycles. The number of aliphatic hydroxyl groups excluding tert-OH is 1. The van der Waals surface area contributed by atoms with Gasteiger partial charge in [0, 0.05) is 6.54 Å². The summed E-state index contributed by atoms with van der Waals surface area (Å²) in [5.41, 5.74) is 2.43. The van der Waals surface area contributed by atoms with Gasteiger partial charge in [0.1, 0.15) is 0 Å². The number of benzene rings is 2. The first-order valence-corrected chi connectivity index (χ1v) is 7.20. The Bertz CT molecular complexity index is 456. The second-order valence-electron chi connectivity index (χ2n) is 5.47. The molecular formula is C18H23NO. The van der Waals surface area contributed by atoms with E-state index in [0.29, 0.717) is 6.54 Å². The monoisotopic (exact) mass is 269 g/mol. The Kier molecular flexibility index (Phi) is 5.33. The van der Waals surface area contributed by atoms with Gasteiger partial charge in [-0.3, -0.25) is 0 Å². The summed E-state index contributed by atoms with van der Waals surface area (Å²) in [5.74, 6) is 0.259. The Morgan fingerprint density at radius 3 is 1.70 bits per heavy atom. The first-order valence-electron chi connectivity index (χ1n) is 7.20. The smallest absolute Gasteiger partial charge is 0.0687 e. The minimum Gasteiger partial charge on any atom is -0.392 e. The van der Waals surface area contributed by atoms with E-state index in [1.54, 1.807) is 0 Å². The quantitative estimate of drug-likeness (QED) is 0.842. The molecule has 0 fully saturated rings. The van der Waals surface area contributed by atoms with E-state index in [1.807, 2.05) is 50.2 Å². The van der Waals surface area contributed by atoms with Crippen LogP contribution in [-0.4, -0.2) is 17.8 Å². The van der Waals surface area contributed by atoms with Gasteiger partial charge in [-0.2, -0.15) is 0 Å². The highest BCUT2D eigenvalue weighted by Gasteiger charge is 2.16. The SMILES string of the molecule is CC(C)C(O)CNC(c1ccccc1)c1ccccc1. The van der Waals surface area contributed by atoms with Crippen LogP contribution in [0.25, 0.3) is 0 Å². The highest BCUT2D eigenvalue weighted by molar-refractivity contribution is 5.31. The zero-order chi connectivity index (χ0) is 14.4. The van der Waals surface area contributed by atoms with Crippen molar-refractivity contribution in [1.82, 2.24) is 5.32 Å². The predicted octanol–water partition coefficient (Wildman–Crippen LogP) is 3.38. The first-order chi connectivity index (χ1) is 9.68. The van der Waals surface area contributed by atoms with Crippen LogP contribution < -0.4 is 5.32 Å². The molecule has 2 aromatic rings. The third-order valence-electron chi connectivity index (χ3n) is 3.57. The molecule has 0 bridgehead atoms. The molecule has 1 atom stereocenters. The maximum absolute atomic E-state index is 10.0. The standard InChI is InChI=1S/C18H23NO/c1-14(2)17(20)13-19-18(15-9-5-3-6-10-15)16-11-7-4-8-12-16/h3-12,14,17-20H,13H2,1-2H3. The lowest BCUT2D eigenvalue weighted by Crippen LogP contribution is -2.33. The zero-order valence-corrected chi connectivity index (χ0v) is 12.2. The topological polar surface area (TPSA) is 32.3 Å². The van der Waals surface area contributed by atoms with Crippen molar-refractivity contribution in [2.24, 2.45) is 5.92 Å². The minimum atomic E-state index is -0.329. The molecule has 0 heterocycles. The van der Waals surface area contributed by atoms with Gasteiger partial charge >= 0.3 is 0 Å². The predicted molar refractivity (Wildman–Crippen MR) is 83.6 cm³/mol. The highest BCUT2D eigenvalue weighted by Crippen LogP contribution is 2.21. The zero-order valence-electron chi connectivity index (χ0n) is 12.2. The van der Waals surface area contributed by atoms with Gasteiger partial charge in [-0.15, -0.1) is 0 Å². The van der Waals surface area contributed by atoms with E-state index in [1.165, 1.54) is 11.1 Å².